The third-order valence-electron chi connectivity index (χ3n) is 3.32. The fourth-order valence-electron chi connectivity index (χ4n) is 2.12. The molecule has 2 amide bonds. The zero-order chi connectivity index (χ0) is 14.8. The molecule has 0 saturated carbocycles. The van der Waals surface area contributed by atoms with E-state index in [1.165, 1.54) is 4.90 Å². The molecule has 0 radical (unpaired) electrons. The molecule has 1 N–H and O–H groups in total. The van der Waals surface area contributed by atoms with Gasteiger partial charge in [-0.3, -0.25) is 0 Å². The molecule has 106 valence electrons. The molecule has 1 unspecified atom stereocenters. The second-order valence-corrected chi connectivity index (χ2v) is 7.02. The zero-order valence-corrected chi connectivity index (χ0v) is 11.9. The van der Waals surface area contributed by atoms with E-state index in [1.54, 1.807) is 31.3 Å². The normalized spacial score (nSPS) is 20.1. The van der Waals surface area contributed by atoms with Crippen LogP contribution in [0, 0.1) is 11.3 Å². The van der Waals surface area contributed by atoms with Crippen LogP contribution < -0.4 is 5.32 Å². The van der Waals surface area contributed by atoms with Gasteiger partial charge in [0.05, 0.1) is 23.1 Å². The Kier molecular flexibility index (Phi) is 3.95. The molecular formula is C13H15N3O3S. The van der Waals surface area contributed by atoms with E-state index in [0.717, 1.165) is 0 Å². The van der Waals surface area contributed by atoms with Crippen molar-refractivity contribution >= 4 is 21.6 Å². The monoisotopic (exact) mass is 293 g/mol. The fourth-order valence-corrected chi connectivity index (χ4v) is 3.90. The fraction of sp³-hybridized carbons (Fsp3) is 0.385. The van der Waals surface area contributed by atoms with Gasteiger partial charge in [-0.25, -0.2) is 13.2 Å². The number of carbonyl (C=O) groups excluding carboxylic acids is 1. The van der Waals surface area contributed by atoms with Crippen molar-refractivity contribution in [2.75, 3.05) is 23.9 Å². The van der Waals surface area contributed by atoms with Gasteiger partial charge in [0, 0.05) is 18.8 Å². The third-order valence-corrected chi connectivity index (χ3v) is 5.07. The first-order valence-electron chi connectivity index (χ1n) is 6.16. The minimum atomic E-state index is -3.02. The van der Waals surface area contributed by atoms with Crippen molar-refractivity contribution < 1.29 is 13.2 Å². The molecule has 7 heteroatoms. The van der Waals surface area contributed by atoms with Crippen LogP contribution in [0.5, 0.6) is 0 Å². The number of rotatable bonds is 2. The highest BCUT2D eigenvalue weighted by atomic mass is 32.2. The molecule has 1 fully saturated rings. The maximum absolute atomic E-state index is 12.0. The Hall–Kier alpha value is -2.07. The van der Waals surface area contributed by atoms with Crippen LogP contribution in [0.4, 0.5) is 10.5 Å². The minimum Gasteiger partial charge on any atom is -0.324 e. The van der Waals surface area contributed by atoms with Crippen LogP contribution in [0.3, 0.4) is 0 Å². The maximum Gasteiger partial charge on any atom is 0.321 e. The molecule has 1 heterocycles. The Labute approximate surface area is 117 Å². The van der Waals surface area contributed by atoms with E-state index in [2.05, 4.69) is 5.32 Å². The summed E-state index contributed by atoms with van der Waals surface area (Å²) in [5.41, 5.74) is 0.968. The summed E-state index contributed by atoms with van der Waals surface area (Å²) in [6.45, 7) is 0. The summed E-state index contributed by atoms with van der Waals surface area (Å²) in [5.74, 6) is 0.133. The van der Waals surface area contributed by atoms with Crippen molar-refractivity contribution in [2.45, 2.75) is 12.5 Å². The molecule has 1 atom stereocenters. The Morgan fingerprint density at radius 2 is 2.25 bits per heavy atom. The van der Waals surface area contributed by atoms with Crippen molar-refractivity contribution in [2.24, 2.45) is 0 Å². The summed E-state index contributed by atoms with van der Waals surface area (Å²) in [6.07, 6.45) is 0.463. The molecule has 6 nitrogen and oxygen atoms in total. The lowest BCUT2D eigenvalue weighted by molar-refractivity contribution is 0.209. The average Bonchev–Trinajstić information content (AvgIpc) is 2.78. The van der Waals surface area contributed by atoms with Crippen molar-refractivity contribution in [1.29, 1.82) is 5.26 Å². The lowest BCUT2D eigenvalue weighted by Crippen LogP contribution is -2.40. The van der Waals surface area contributed by atoms with Crippen molar-refractivity contribution in [3.8, 4) is 6.07 Å². The van der Waals surface area contributed by atoms with E-state index in [0.29, 0.717) is 17.7 Å². The summed E-state index contributed by atoms with van der Waals surface area (Å²) in [6, 6.07) is 7.89. The third kappa shape index (κ3) is 3.27. The Bertz CT molecular complexity index is 664. The van der Waals surface area contributed by atoms with E-state index < -0.39 is 9.84 Å². The number of urea groups is 1. The molecule has 0 bridgehead atoms. The van der Waals surface area contributed by atoms with Gasteiger partial charge in [0.1, 0.15) is 0 Å². The van der Waals surface area contributed by atoms with Crippen molar-refractivity contribution in [3.05, 3.63) is 29.8 Å². The molecule has 1 aromatic carbocycles. The number of sulfone groups is 1. The van der Waals surface area contributed by atoms with Gasteiger partial charge >= 0.3 is 6.03 Å². The summed E-state index contributed by atoms with van der Waals surface area (Å²) in [7, 11) is -1.44. The Morgan fingerprint density at radius 3 is 2.85 bits per heavy atom. The van der Waals surface area contributed by atoms with Gasteiger partial charge in [-0.1, -0.05) is 6.07 Å². The quantitative estimate of drug-likeness (QED) is 0.887. The van der Waals surface area contributed by atoms with Crippen LogP contribution in [-0.4, -0.2) is 43.9 Å². The standard InChI is InChI=1S/C13H15N3O3S/c1-16(12-5-6-20(18,19)9-12)13(17)15-11-4-2-3-10(7-11)8-14/h2-4,7,12H,5-6,9H2,1H3,(H,15,17). The van der Waals surface area contributed by atoms with E-state index in [-0.39, 0.29) is 23.6 Å². The molecule has 0 aromatic heterocycles. The average molecular weight is 293 g/mol. The van der Waals surface area contributed by atoms with Crippen LogP contribution in [0.15, 0.2) is 24.3 Å². The predicted octanol–water partition coefficient (Wildman–Crippen LogP) is 1.21. The van der Waals surface area contributed by atoms with Gasteiger partial charge in [0.25, 0.3) is 0 Å². The largest absolute Gasteiger partial charge is 0.324 e. The molecule has 2 rings (SSSR count). The topological polar surface area (TPSA) is 90.3 Å². The second kappa shape index (κ2) is 5.51. The number of hydrogen-bond donors (Lipinski definition) is 1. The van der Waals surface area contributed by atoms with E-state index in [9.17, 15) is 13.2 Å². The molecule has 1 aliphatic heterocycles. The van der Waals surface area contributed by atoms with Crippen molar-refractivity contribution in [1.82, 2.24) is 4.90 Å². The number of nitrogens with zero attached hydrogens (tertiary/aromatic N) is 2. The Balaban J connectivity index is 2.03. The number of amides is 2. The summed E-state index contributed by atoms with van der Waals surface area (Å²) in [5, 5.41) is 11.5. The van der Waals surface area contributed by atoms with Crippen LogP contribution in [0.1, 0.15) is 12.0 Å². The van der Waals surface area contributed by atoms with Crippen LogP contribution in [0.2, 0.25) is 0 Å². The van der Waals surface area contributed by atoms with Gasteiger partial charge < -0.3 is 10.2 Å². The summed E-state index contributed by atoms with van der Waals surface area (Å²) >= 11 is 0. The molecule has 0 spiro atoms. The lowest BCUT2D eigenvalue weighted by atomic mass is 10.2. The second-order valence-electron chi connectivity index (χ2n) is 4.79. The van der Waals surface area contributed by atoms with Crippen LogP contribution >= 0.6 is 0 Å². The summed E-state index contributed by atoms with van der Waals surface area (Å²) < 4.78 is 22.8. The minimum absolute atomic E-state index is 0.00908. The van der Waals surface area contributed by atoms with Gasteiger partial charge in [-0.15, -0.1) is 0 Å². The van der Waals surface area contributed by atoms with Gasteiger partial charge in [0.15, 0.2) is 9.84 Å². The number of nitrogens with one attached hydrogen (secondary N) is 1. The van der Waals surface area contributed by atoms with E-state index in [1.807, 2.05) is 6.07 Å². The summed E-state index contributed by atoms with van der Waals surface area (Å²) in [4.78, 5) is 13.5. The first-order chi connectivity index (χ1) is 9.41. The number of hydrogen-bond acceptors (Lipinski definition) is 4. The van der Waals surface area contributed by atoms with E-state index >= 15 is 0 Å². The number of benzene rings is 1. The SMILES string of the molecule is CN(C(=O)Nc1cccc(C#N)c1)C1CCS(=O)(=O)C1. The molecule has 1 aliphatic rings. The number of carbonyl (C=O) groups is 1. The molecule has 20 heavy (non-hydrogen) atoms. The zero-order valence-electron chi connectivity index (χ0n) is 11.0. The highest BCUT2D eigenvalue weighted by molar-refractivity contribution is 7.91. The first kappa shape index (κ1) is 14.3. The Morgan fingerprint density at radius 1 is 1.50 bits per heavy atom. The highest BCUT2D eigenvalue weighted by Gasteiger charge is 2.32. The smallest absolute Gasteiger partial charge is 0.321 e. The van der Waals surface area contributed by atoms with Gasteiger partial charge in [-0.2, -0.15) is 5.26 Å². The molecule has 0 aliphatic carbocycles. The molecular weight excluding hydrogens is 278 g/mol. The van der Waals surface area contributed by atoms with Crippen LogP contribution in [-0.2, 0) is 9.84 Å². The molecule has 1 saturated heterocycles. The maximum atomic E-state index is 12.0. The van der Waals surface area contributed by atoms with Crippen molar-refractivity contribution in [3.63, 3.8) is 0 Å². The lowest BCUT2D eigenvalue weighted by Gasteiger charge is -2.23. The highest BCUT2D eigenvalue weighted by Crippen LogP contribution is 2.18. The number of anilines is 1. The first-order valence-corrected chi connectivity index (χ1v) is 7.98. The van der Waals surface area contributed by atoms with Gasteiger partial charge in [0.2, 0.25) is 0 Å². The van der Waals surface area contributed by atoms with Crippen LogP contribution in [0.25, 0.3) is 0 Å². The number of nitriles is 1. The van der Waals surface area contributed by atoms with Gasteiger partial charge in [-0.05, 0) is 24.6 Å². The van der Waals surface area contributed by atoms with E-state index in [4.69, 9.17) is 5.26 Å². The molecule has 1 aromatic rings. The predicted molar refractivity (Wildman–Crippen MR) is 75.0 cm³/mol.